The number of aromatic amines is 1. The number of nitrogens with one attached hydrogen (secondary N) is 2. The van der Waals surface area contributed by atoms with E-state index in [9.17, 15) is 0 Å². The average molecular weight is 441 g/mol. The van der Waals surface area contributed by atoms with E-state index in [1.54, 1.807) is 0 Å². The van der Waals surface area contributed by atoms with Crippen LogP contribution in [0.3, 0.4) is 0 Å². The zero-order valence-corrected chi connectivity index (χ0v) is 19.7. The fourth-order valence-corrected chi connectivity index (χ4v) is 4.07. The number of hydrogen-bond donors (Lipinski definition) is 4. The van der Waals surface area contributed by atoms with Crippen molar-refractivity contribution in [2.45, 2.75) is 51.4 Å². The molecule has 0 amide bonds. The third kappa shape index (κ3) is 3.74. The van der Waals surface area contributed by atoms with Crippen molar-refractivity contribution >= 4 is 55.9 Å². The summed E-state index contributed by atoms with van der Waals surface area (Å²) in [5, 5.41) is 17.5. The van der Waals surface area contributed by atoms with Crippen molar-refractivity contribution in [2.24, 2.45) is 0 Å². The minimum atomic E-state index is -0.113. The first kappa shape index (κ1) is 20.9. The van der Waals surface area contributed by atoms with Gasteiger partial charge in [0.05, 0.1) is 11.0 Å². The molecule has 0 saturated carbocycles. The summed E-state index contributed by atoms with van der Waals surface area (Å²) in [5.74, 6) is 1.33. The third-order valence-corrected chi connectivity index (χ3v) is 7.59. The van der Waals surface area contributed by atoms with E-state index in [1.807, 2.05) is 10.7 Å². The molecule has 2 aromatic carbocycles. The summed E-state index contributed by atoms with van der Waals surface area (Å²) in [4.78, 5) is 0. The van der Waals surface area contributed by atoms with Crippen LogP contribution in [0, 0.1) is 0 Å². The van der Waals surface area contributed by atoms with Gasteiger partial charge in [0.15, 0.2) is 11.6 Å². The summed E-state index contributed by atoms with van der Waals surface area (Å²) in [7, 11) is 1.52. The van der Waals surface area contributed by atoms with Gasteiger partial charge in [0, 0.05) is 15.5 Å². The third-order valence-electron chi connectivity index (χ3n) is 5.53. The molecule has 0 spiro atoms. The van der Waals surface area contributed by atoms with Crippen molar-refractivity contribution in [3.8, 4) is 0 Å². The molecule has 0 saturated heterocycles. The average Bonchev–Trinajstić information content (AvgIpc) is 3.25. The predicted molar refractivity (Wildman–Crippen MR) is 132 cm³/mol. The van der Waals surface area contributed by atoms with Gasteiger partial charge in [-0.15, -0.1) is 11.7 Å². The Morgan fingerprint density at radius 3 is 2.47 bits per heavy atom. The number of nitrogens with zero attached hydrogens (tertiary/aromatic N) is 3. The molecular formula is C22H28N6S2. The first-order valence-electron chi connectivity index (χ1n) is 9.92. The van der Waals surface area contributed by atoms with E-state index < -0.39 is 0 Å². The maximum atomic E-state index is 6.16. The summed E-state index contributed by atoms with van der Waals surface area (Å²) >= 11 is 4.42. The van der Waals surface area contributed by atoms with Crippen molar-refractivity contribution in [3.63, 3.8) is 0 Å². The minimum absolute atomic E-state index is 0.0924. The number of rotatable bonds is 5. The summed E-state index contributed by atoms with van der Waals surface area (Å²) in [6.45, 7) is 11.4. The van der Waals surface area contributed by atoms with Gasteiger partial charge in [0.1, 0.15) is 6.67 Å². The van der Waals surface area contributed by atoms with E-state index in [1.165, 1.54) is 21.9 Å². The molecule has 6 nitrogen and oxygen atoms in total. The minimum Gasteiger partial charge on any atom is -0.382 e. The van der Waals surface area contributed by atoms with E-state index in [0.717, 1.165) is 27.6 Å². The van der Waals surface area contributed by atoms with Gasteiger partial charge in [-0.1, -0.05) is 43.7 Å². The van der Waals surface area contributed by atoms with Crippen molar-refractivity contribution < 1.29 is 0 Å². The van der Waals surface area contributed by atoms with Gasteiger partial charge in [-0.05, 0) is 54.7 Å². The van der Waals surface area contributed by atoms with Crippen molar-refractivity contribution in [3.05, 3.63) is 47.5 Å². The van der Waals surface area contributed by atoms with E-state index in [-0.39, 0.29) is 10.2 Å². The molecule has 4 aromatic rings. The van der Waals surface area contributed by atoms with Crippen molar-refractivity contribution in [1.82, 2.24) is 20.0 Å². The fraction of sp³-hybridized carbons (Fsp3) is 0.364. The zero-order chi connectivity index (χ0) is 21.7. The van der Waals surface area contributed by atoms with Gasteiger partial charge >= 0.3 is 0 Å². The van der Waals surface area contributed by atoms with Crippen LogP contribution in [0.2, 0.25) is 0 Å². The van der Waals surface area contributed by atoms with Gasteiger partial charge in [0.2, 0.25) is 0 Å². The van der Waals surface area contributed by atoms with Crippen LogP contribution < -0.4 is 11.1 Å². The van der Waals surface area contributed by atoms with Crippen LogP contribution in [0.5, 0.6) is 0 Å². The second-order valence-electron chi connectivity index (χ2n) is 9.14. The number of hydrogen-bond acceptors (Lipinski definition) is 6. The molecule has 0 fully saturated rings. The van der Waals surface area contributed by atoms with Crippen LogP contribution >= 0.6 is 22.5 Å². The predicted octanol–water partition coefficient (Wildman–Crippen LogP) is 5.68. The Balaban J connectivity index is 1.64. The molecule has 0 aliphatic heterocycles. The van der Waals surface area contributed by atoms with Gasteiger partial charge in [-0.2, -0.15) is 10.2 Å². The summed E-state index contributed by atoms with van der Waals surface area (Å²) < 4.78 is 1.77. The maximum Gasteiger partial charge on any atom is 0.157 e. The lowest BCUT2D eigenvalue weighted by molar-refractivity contribution is 0.591. The highest BCUT2D eigenvalue weighted by Gasteiger charge is 2.22. The number of aromatic nitrogens is 4. The lowest BCUT2D eigenvalue weighted by atomic mass is 9.87. The summed E-state index contributed by atoms with van der Waals surface area (Å²) in [6.07, 6.45) is 0. The standard InChI is InChI=1S/C22H28N6S2/c1-21(2,3)13-6-8-15-17(10-13)25-26-20(15)24-12-28-18-11-14(22(4,5)30-29)7-9-16(18)19(23)27-28/h6-11,29H,12H2,1-5H3,(H2,23,27)(H2,24,25,26). The maximum absolute atomic E-state index is 6.16. The number of thiol groups is 1. The van der Waals surface area contributed by atoms with Crippen LogP contribution in [0.25, 0.3) is 21.8 Å². The van der Waals surface area contributed by atoms with Crippen LogP contribution in [-0.2, 0) is 16.8 Å². The highest BCUT2D eigenvalue weighted by molar-refractivity contribution is 8.69. The molecule has 8 heteroatoms. The molecule has 0 bridgehead atoms. The van der Waals surface area contributed by atoms with E-state index >= 15 is 0 Å². The molecular weight excluding hydrogens is 412 g/mol. The second kappa shape index (κ2) is 7.42. The monoisotopic (exact) mass is 440 g/mol. The Kier molecular flexibility index (Phi) is 5.18. The molecule has 0 unspecified atom stereocenters. The molecule has 4 rings (SSSR count). The number of nitrogen functional groups attached to an aromatic ring is 1. The quantitative estimate of drug-likeness (QED) is 0.237. The van der Waals surface area contributed by atoms with Gasteiger partial charge in [-0.3, -0.25) is 5.10 Å². The van der Waals surface area contributed by atoms with Gasteiger partial charge in [-0.25, -0.2) is 4.68 Å². The Labute approximate surface area is 185 Å². The molecule has 0 aliphatic rings. The Morgan fingerprint density at radius 2 is 1.77 bits per heavy atom. The highest BCUT2D eigenvalue weighted by atomic mass is 33.1. The van der Waals surface area contributed by atoms with E-state index in [2.05, 4.69) is 97.2 Å². The number of anilines is 2. The topological polar surface area (TPSA) is 84.6 Å². The Hall–Kier alpha value is -2.32. The second-order valence-corrected chi connectivity index (χ2v) is 10.9. The Bertz CT molecular complexity index is 1220. The summed E-state index contributed by atoms with van der Waals surface area (Å²) in [6, 6.07) is 12.7. The molecule has 30 heavy (non-hydrogen) atoms. The molecule has 0 radical (unpaired) electrons. The normalized spacial score (nSPS) is 12.7. The number of benzene rings is 2. The largest absolute Gasteiger partial charge is 0.382 e. The fourth-order valence-electron chi connectivity index (χ4n) is 3.52. The molecule has 0 atom stereocenters. The molecule has 2 heterocycles. The van der Waals surface area contributed by atoms with Gasteiger partial charge in [0.25, 0.3) is 0 Å². The first-order valence-corrected chi connectivity index (χ1v) is 11.8. The number of fused-ring (bicyclic) bond motifs is 2. The van der Waals surface area contributed by atoms with Crippen molar-refractivity contribution in [1.29, 1.82) is 0 Å². The lowest BCUT2D eigenvalue weighted by Crippen LogP contribution is -2.12. The van der Waals surface area contributed by atoms with Crippen LogP contribution in [0.15, 0.2) is 36.4 Å². The van der Waals surface area contributed by atoms with Crippen LogP contribution in [-0.4, -0.2) is 20.0 Å². The smallest absolute Gasteiger partial charge is 0.157 e. The number of H-pyrrole nitrogens is 1. The van der Waals surface area contributed by atoms with E-state index in [4.69, 9.17) is 5.73 Å². The van der Waals surface area contributed by atoms with Gasteiger partial charge < -0.3 is 11.1 Å². The molecule has 0 aliphatic carbocycles. The Morgan fingerprint density at radius 1 is 1.07 bits per heavy atom. The highest BCUT2D eigenvalue weighted by Crippen LogP contribution is 2.39. The van der Waals surface area contributed by atoms with Crippen LogP contribution in [0.4, 0.5) is 11.6 Å². The lowest BCUT2D eigenvalue weighted by Gasteiger charge is -2.21. The van der Waals surface area contributed by atoms with E-state index in [0.29, 0.717) is 12.5 Å². The number of nitrogens with two attached hydrogens (primary N) is 1. The SMILES string of the molecule is CC(C)(C)c1ccc2c(NCn3nc(N)c4ccc(C(C)(C)SS)cc43)n[nH]c2c1. The zero-order valence-electron chi connectivity index (χ0n) is 17.9. The molecule has 4 N–H and O–H groups in total. The summed E-state index contributed by atoms with van der Waals surface area (Å²) in [5.41, 5.74) is 10.7. The van der Waals surface area contributed by atoms with Crippen molar-refractivity contribution in [2.75, 3.05) is 11.1 Å². The first-order chi connectivity index (χ1) is 14.1. The molecule has 2 aromatic heterocycles. The molecule has 158 valence electrons. The van der Waals surface area contributed by atoms with Crippen LogP contribution in [0.1, 0.15) is 45.7 Å².